The Morgan fingerprint density at radius 2 is 1.92 bits per heavy atom. The van der Waals surface area contributed by atoms with E-state index in [1.165, 1.54) is 12.0 Å². The molecule has 0 aliphatic heterocycles. The molecule has 0 unspecified atom stereocenters. The number of nitrogens with two attached hydrogens (primary N) is 1. The number of nitrogens with one attached hydrogen (secondary N) is 2. The Hall–Kier alpha value is -1.51. The van der Waals surface area contributed by atoms with Gasteiger partial charge in [-0.15, -0.1) is 24.0 Å². The number of benzene rings is 1. The average molecular weight is 476 g/mol. The van der Waals surface area contributed by atoms with Crippen LogP contribution < -0.4 is 21.1 Å². The predicted octanol–water partition coefficient (Wildman–Crippen LogP) is 2.70. The molecule has 1 amide bonds. The van der Waals surface area contributed by atoms with Crippen LogP contribution in [-0.2, 0) is 11.2 Å². The lowest BCUT2D eigenvalue weighted by molar-refractivity contribution is -0.119. The molecule has 1 aromatic carbocycles. The summed E-state index contributed by atoms with van der Waals surface area (Å²) in [6.07, 6.45) is 3.20. The van der Waals surface area contributed by atoms with E-state index in [1.807, 2.05) is 24.3 Å². The highest BCUT2D eigenvalue weighted by Gasteiger charge is 2.00. The highest BCUT2D eigenvalue weighted by molar-refractivity contribution is 14.0. The summed E-state index contributed by atoms with van der Waals surface area (Å²) in [5, 5.41) is 6.63. The van der Waals surface area contributed by atoms with Crippen LogP contribution in [0.25, 0.3) is 0 Å². The molecule has 4 N–H and O–H groups in total. The van der Waals surface area contributed by atoms with Crippen LogP contribution in [0, 0.1) is 5.92 Å². The molecular weight excluding hydrogens is 443 g/mol. The maximum atomic E-state index is 10.7. The molecule has 0 aliphatic carbocycles. The molecule has 0 aromatic heterocycles. The second-order valence-corrected chi connectivity index (χ2v) is 6.37. The molecule has 0 saturated carbocycles. The number of carbonyl (C=O) groups excluding carboxylic acids is 1. The Bertz CT molecular complexity index is 533. The van der Waals surface area contributed by atoms with Crippen LogP contribution in [0.5, 0.6) is 5.75 Å². The number of carbonyl (C=O) groups is 1. The monoisotopic (exact) mass is 476 g/mol. The van der Waals surface area contributed by atoms with E-state index in [2.05, 4.69) is 36.4 Å². The van der Waals surface area contributed by atoms with Crippen molar-refractivity contribution < 1.29 is 9.53 Å². The molecule has 0 atom stereocenters. The Morgan fingerprint density at radius 1 is 1.23 bits per heavy atom. The summed E-state index contributed by atoms with van der Waals surface area (Å²) in [6.45, 7) is 8.93. The number of aliphatic imine (C=N–C) groups is 1. The maximum absolute atomic E-state index is 10.7. The Morgan fingerprint density at radius 3 is 2.50 bits per heavy atom. The molecule has 26 heavy (non-hydrogen) atoms. The molecule has 0 bridgehead atoms. The van der Waals surface area contributed by atoms with Crippen molar-refractivity contribution in [1.29, 1.82) is 0 Å². The number of ether oxygens (including phenoxy) is 1. The fraction of sp³-hybridized carbons (Fsp3) is 0.579. The third-order valence-electron chi connectivity index (χ3n) is 3.56. The van der Waals surface area contributed by atoms with Gasteiger partial charge in [0.1, 0.15) is 5.75 Å². The normalized spacial score (nSPS) is 11.0. The van der Waals surface area contributed by atoms with Crippen molar-refractivity contribution in [3.05, 3.63) is 29.8 Å². The number of rotatable bonds is 11. The molecule has 6 nitrogen and oxygen atoms in total. The van der Waals surface area contributed by atoms with Crippen LogP contribution in [0.1, 0.15) is 39.2 Å². The Balaban J connectivity index is 0.00000625. The smallest absolute Gasteiger partial charge is 0.255 e. The van der Waals surface area contributed by atoms with Gasteiger partial charge in [0.15, 0.2) is 12.6 Å². The van der Waals surface area contributed by atoms with Crippen LogP contribution in [0.3, 0.4) is 0 Å². The number of hydrogen-bond donors (Lipinski definition) is 3. The molecule has 0 fully saturated rings. The zero-order chi connectivity index (χ0) is 18.5. The zero-order valence-corrected chi connectivity index (χ0v) is 18.4. The van der Waals surface area contributed by atoms with Gasteiger partial charge in [0.25, 0.3) is 5.91 Å². The minimum absolute atomic E-state index is 0. The highest BCUT2D eigenvalue weighted by atomic mass is 127. The van der Waals surface area contributed by atoms with E-state index in [0.29, 0.717) is 5.75 Å². The van der Waals surface area contributed by atoms with Crippen molar-refractivity contribution in [2.45, 2.75) is 40.0 Å². The number of guanidine groups is 1. The predicted molar refractivity (Wildman–Crippen MR) is 118 cm³/mol. The van der Waals surface area contributed by atoms with Gasteiger partial charge in [-0.2, -0.15) is 0 Å². The van der Waals surface area contributed by atoms with Crippen LogP contribution in [-0.4, -0.2) is 38.1 Å². The molecule has 0 radical (unpaired) electrons. The van der Waals surface area contributed by atoms with Crippen LogP contribution in [0.2, 0.25) is 0 Å². The van der Waals surface area contributed by atoms with Crippen molar-refractivity contribution in [3.63, 3.8) is 0 Å². The van der Waals surface area contributed by atoms with Gasteiger partial charge >= 0.3 is 0 Å². The van der Waals surface area contributed by atoms with E-state index in [4.69, 9.17) is 10.5 Å². The van der Waals surface area contributed by atoms with Crippen molar-refractivity contribution >= 4 is 35.8 Å². The Labute approximate surface area is 174 Å². The first-order chi connectivity index (χ1) is 12.0. The first-order valence-electron chi connectivity index (χ1n) is 9.03. The molecule has 1 aromatic rings. The van der Waals surface area contributed by atoms with E-state index in [0.717, 1.165) is 44.4 Å². The summed E-state index contributed by atoms with van der Waals surface area (Å²) >= 11 is 0. The van der Waals surface area contributed by atoms with Crippen LogP contribution >= 0.6 is 24.0 Å². The maximum Gasteiger partial charge on any atom is 0.255 e. The number of amides is 1. The third-order valence-corrected chi connectivity index (χ3v) is 3.56. The molecule has 7 heteroatoms. The first-order valence-corrected chi connectivity index (χ1v) is 9.03. The van der Waals surface area contributed by atoms with Gasteiger partial charge in [0.2, 0.25) is 0 Å². The second-order valence-electron chi connectivity index (χ2n) is 6.37. The molecule has 0 spiro atoms. The van der Waals surface area contributed by atoms with Gasteiger partial charge in [-0.1, -0.05) is 26.0 Å². The standard InChI is InChI=1S/C19H32N4O2.HI/c1-4-21-19(22-12-5-6-15(2)3)23-13-11-16-7-9-17(10-8-16)25-14-18(20)24;/h7-10,15H,4-6,11-14H2,1-3H3,(H2,20,24)(H2,21,22,23);1H. The lowest BCUT2D eigenvalue weighted by Crippen LogP contribution is -2.38. The molecule has 148 valence electrons. The van der Waals surface area contributed by atoms with Gasteiger partial charge in [-0.25, -0.2) is 0 Å². The summed E-state index contributed by atoms with van der Waals surface area (Å²) in [4.78, 5) is 15.3. The number of nitrogens with zero attached hydrogens (tertiary/aromatic N) is 1. The minimum Gasteiger partial charge on any atom is -0.484 e. The van der Waals surface area contributed by atoms with Crippen molar-refractivity contribution in [1.82, 2.24) is 10.6 Å². The lowest BCUT2D eigenvalue weighted by Gasteiger charge is -2.12. The van der Waals surface area contributed by atoms with Gasteiger partial charge in [-0.3, -0.25) is 9.79 Å². The van der Waals surface area contributed by atoms with Gasteiger partial charge in [-0.05, 0) is 49.8 Å². The molecule has 1 rings (SSSR count). The van der Waals surface area contributed by atoms with Crippen molar-refractivity contribution in [2.24, 2.45) is 16.6 Å². The topological polar surface area (TPSA) is 88.7 Å². The molecule has 0 heterocycles. The fourth-order valence-corrected chi connectivity index (χ4v) is 2.26. The average Bonchev–Trinajstić information content (AvgIpc) is 2.57. The Kier molecular flexibility index (Phi) is 13.8. The van der Waals surface area contributed by atoms with Gasteiger partial charge in [0, 0.05) is 19.6 Å². The summed E-state index contributed by atoms with van der Waals surface area (Å²) in [7, 11) is 0. The van der Waals surface area contributed by atoms with Gasteiger partial charge < -0.3 is 21.1 Å². The minimum atomic E-state index is -0.475. The third kappa shape index (κ3) is 11.9. The summed E-state index contributed by atoms with van der Waals surface area (Å²) < 4.78 is 5.25. The zero-order valence-electron chi connectivity index (χ0n) is 16.1. The number of hydrogen-bond acceptors (Lipinski definition) is 3. The number of primary amides is 1. The largest absolute Gasteiger partial charge is 0.484 e. The van der Waals surface area contributed by atoms with Crippen molar-refractivity contribution in [2.75, 3.05) is 26.2 Å². The quantitative estimate of drug-likeness (QED) is 0.198. The molecule has 0 aliphatic rings. The van der Waals surface area contributed by atoms with E-state index < -0.39 is 5.91 Å². The number of halogens is 1. The SMILES string of the molecule is CCNC(=NCCCC(C)C)NCCc1ccc(OCC(N)=O)cc1.I. The summed E-state index contributed by atoms with van der Waals surface area (Å²) in [6, 6.07) is 7.68. The van der Waals surface area contributed by atoms with Crippen LogP contribution in [0.4, 0.5) is 0 Å². The van der Waals surface area contributed by atoms with E-state index in [1.54, 1.807) is 0 Å². The fourth-order valence-electron chi connectivity index (χ4n) is 2.26. The molecular formula is C19H33IN4O2. The van der Waals surface area contributed by atoms with E-state index >= 15 is 0 Å². The van der Waals surface area contributed by atoms with Crippen LogP contribution in [0.15, 0.2) is 29.3 Å². The van der Waals surface area contributed by atoms with Gasteiger partial charge in [0.05, 0.1) is 0 Å². The summed E-state index contributed by atoms with van der Waals surface area (Å²) in [5.74, 6) is 1.76. The second kappa shape index (κ2) is 14.6. The highest BCUT2D eigenvalue weighted by Crippen LogP contribution is 2.12. The van der Waals surface area contributed by atoms with E-state index in [9.17, 15) is 4.79 Å². The molecule has 0 saturated heterocycles. The summed E-state index contributed by atoms with van der Waals surface area (Å²) in [5.41, 5.74) is 6.25. The van der Waals surface area contributed by atoms with E-state index in [-0.39, 0.29) is 30.6 Å². The first kappa shape index (κ1) is 24.5. The van der Waals surface area contributed by atoms with Crippen molar-refractivity contribution in [3.8, 4) is 5.75 Å². The lowest BCUT2D eigenvalue weighted by atomic mass is 10.1.